The Morgan fingerprint density at radius 1 is 1.03 bits per heavy atom. The summed E-state index contributed by atoms with van der Waals surface area (Å²) in [6, 6.07) is 16.8. The molecule has 0 atom stereocenters. The topological polar surface area (TPSA) is 96.5 Å². The molecule has 0 saturated heterocycles. The van der Waals surface area contributed by atoms with Crippen LogP contribution in [0.4, 0.5) is 11.4 Å². The maximum atomic E-state index is 12.3. The SMILES string of the molecule is COCc1nnc(C(=O)Nc2ccc(C(=O)NCCCN(C)c3ccccc3)cc2)s1. The Balaban J connectivity index is 1.43. The molecule has 9 heteroatoms. The molecule has 0 spiro atoms. The van der Waals surface area contributed by atoms with Crippen molar-refractivity contribution < 1.29 is 14.3 Å². The van der Waals surface area contributed by atoms with E-state index in [4.69, 9.17) is 4.74 Å². The number of benzene rings is 2. The van der Waals surface area contributed by atoms with Gasteiger partial charge in [-0.25, -0.2) is 0 Å². The van der Waals surface area contributed by atoms with E-state index in [1.807, 2.05) is 25.2 Å². The van der Waals surface area contributed by atoms with Crippen molar-refractivity contribution in [2.45, 2.75) is 13.0 Å². The average molecular weight is 440 g/mol. The van der Waals surface area contributed by atoms with Gasteiger partial charge in [0.2, 0.25) is 5.01 Å². The van der Waals surface area contributed by atoms with Gasteiger partial charge < -0.3 is 20.3 Å². The number of rotatable bonds is 10. The lowest BCUT2D eigenvalue weighted by Gasteiger charge is -2.19. The molecule has 0 bridgehead atoms. The van der Waals surface area contributed by atoms with Crippen LogP contribution in [0, 0.1) is 0 Å². The lowest BCUT2D eigenvalue weighted by Crippen LogP contribution is -2.28. The van der Waals surface area contributed by atoms with E-state index < -0.39 is 0 Å². The first-order valence-electron chi connectivity index (χ1n) is 9.84. The second-order valence-electron chi connectivity index (χ2n) is 6.83. The predicted molar refractivity (Wildman–Crippen MR) is 122 cm³/mol. The summed E-state index contributed by atoms with van der Waals surface area (Å²) in [5.41, 5.74) is 2.26. The molecule has 1 aromatic heterocycles. The molecule has 2 N–H and O–H groups in total. The van der Waals surface area contributed by atoms with Gasteiger partial charge in [-0.1, -0.05) is 29.5 Å². The number of nitrogens with one attached hydrogen (secondary N) is 2. The molecule has 0 aliphatic carbocycles. The van der Waals surface area contributed by atoms with Gasteiger partial charge in [-0.05, 0) is 42.8 Å². The Morgan fingerprint density at radius 2 is 1.77 bits per heavy atom. The van der Waals surface area contributed by atoms with Gasteiger partial charge >= 0.3 is 0 Å². The first-order valence-corrected chi connectivity index (χ1v) is 10.7. The van der Waals surface area contributed by atoms with Gasteiger partial charge in [0.1, 0.15) is 5.01 Å². The molecule has 0 unspecified atom stereocenters. The fourth-order valence-corrected chi connectivity index (χ4v) is 3.56. The van der Waals surface area contributed by atoms with E-state index in [1.165, 1.54) is 11.3 Å². The average Bonchev–Trinajstić information content (AvgIpc) is 3.26. The fraction of sp³-hybridized carbons (Fsp3) is 0.273. The van der Waals surface area contributed by atoms with Crippen LogP contribution in [0.2, 0.25) is 0 Å². The summed E-state index contributed by atoms with van der Waals surface area (Å²) in [4.78, 5) is 26.7. The van der Waals surface area contributed by atoms with Crippen LogP contribution < -0.4 is 15.5 Å². The summed E-state index contributed by atoms with van der Waals surface area (Å²) >= 11 is 1.18. The van der Waals surface area contributed by atoms with Crippen molar-refractivity contribution in [3.05, 3.63) is 70.2 Å². The number of carbonyl (C=O) groups is 2. The highest BCUT2D eigenvalue weighted by molar-refractivity contribution is 7.13. The molecule has 0 fully saturated rings. The number of hydrogen-bond acceptors (Lipinski definition) is 7. The van der Waals surface area contributed by atoms with Crippen LogP contribution in [0.3, 0.4) is 0 Å². The monoisotopic (exact) mass is 439 g/mol. The summed E-state index contributed by atoms with van der Waals surface area (Å²) in [6.45, 7) is 1.74. The first kappa shape index (κ1) is 22.4. The molecule has 1 heterocycles. The zero-order valence-electron chi connectivity index (χ0n) is 17.5. The Morgan fingerprint density at radius 3 is 2.48 bits per heavy atom. The van der Waals surface area contributed by atoms with Crippen LogP contribution in [0.15, 0.2) is 54.6 Å². The Labute approximate surface area is 185 Å². The van der Waals surface area contributed by atoms with Crippen molar-refractivity contribution in [2.75, 3.05) is 37.5 Å². The number of amides is 2. The van der Waals surface area contributed by atoms with E-state index in [1.54, 1.807) is 31.4 Å². The van der Waals surface area contributed by atoms with Gasteiger partial charge in [0.15, 0.2) is 0 Å². The van der Waals surface area contributed by atoms with Gasteiger partial charge in [0, 0.05) is 44.2 Å². The third-order valence-electron chi connectivity index (χ3n) is 4.49. The van der Waals surface area contributed by atoms with Crippen LogP contribution in [-0.4, -0.2) is 49.3 Å². The standard InChI is InChI=1S/C22H25N5O3S/c1-27(18-7-4-3-5-8-18)14-6-13-23-20(28)16-9-11-17(12-10-16)24-21(29)22-26-25-19(31-22)15-30-2/h3-5,7-12H,6,13-15H2,1-2H3,(H,23,28)(H,24,29). The number of ether oxygens (including phenoxy) is 1. The number of para-hydroxylation sites is 1. The summed E-state index contributed by atoms with van der Waals surface area (Å²) in [6.07, 6.45) is 0.832. The Hall–Kier alpha value is -3.30. The minimum atomic E-state index is -0.348. The third-order valence-corrected chi connectivity index (χ3v) is 5.38. The fourth-order valence-electron chi connectivity index (χ4n) is 2.85. The Kier molecular flexibility index (Phi) is 8.08. The van der Waals surface area contributed by atoms with Crippen molar-refractivity contribution in [2.24, 2.45) is 0 Å². The zero-order chi connectivity index (χ0) is 22.1. The highest BCUT2D eigenvalue weighted by Crippen LogP contribution is 2.15. The summed E-state index contributed by atoms with van der Waals surface area (Å²) in [5.74, 6) is -0.492. The van der Waals surface area contributed by atoms with Crippen LogP contribution in [0.25, 0.3) is 0 Å². The molecule has 0 radical (unpaired) electrons. The number of hydrogen-bond donors (Lipinski definition) is 2. The molecule has 31 heavy (non-hydrogen) atoms. The Bertz CT molecular complexity index is 992. The molecule has 0 saturated carbocycles. The number of carbonyl (C=O) groups excluding carboxylic acids is 2. The van der Waals surface area contributed by atoms with Crippen LogP contribution in [0.1, 0.15) is 31.6 Å². The number of aromatic nitrogens is 2. The molecule has 3 aromatic rings. The summed E-state index contributed by atoms with van der Waals surface area (Å²) in [5, 5.41) is 14.3. The van der Waals surface area contributed by atoms with Crippen LogP contribution >= 0.6 is 11.3 Å². The van der Waals surface area contributed by atoms with Gasteiger partial charge in [0.25, 0.3) is 11.8 Å². The normalized spacial score (nSPS) is 10.5. The molecule has 2 aromatic carbocycles. The molecule has 162 valence electrons. The quantitative estimate of drug-likeness (QED) is 0.471. The lowest BCUT2D eigenvalue weighted by atomic mass is 10.2. The molecule has 0 aliphatic rings. The number of methoxy groups -OCH3 is 1. The molecular weight excluding hydrogens is 414 g/mol. The highest BCUT2D eigenvalue weighted by Gasteiger charge is 2.13. The van der Waals surface area contributed by atoms with E-state index in [-0.39, 0.29) is 16.8 Å². The van der Waals surface area contributed by atoms with Crippen molar-refractivity contribution in [1.82, 2.24) is 15.5 Å². The van der Waals surface area contributed by atoms with E-state index in [0.717, 1.165) is 18.7 Å². The van der Waals surface area contributed by atoms with Crippen molar-refractivity contribution in [3.63, 3.8) is 0 Å². The van der Waals surface area contributed by atoms with E-state index in [2.05, 4.69) is 37.9 Å². The van der Waals surface area contributed by atoms with Gasteiger partial charge in [-0.2, -0.15) is 0 Å². The van der Waals surface area contributed by atoms with Crippen LogP contribution in [-0.2, 0) is 11.3 Å². The van der Waals surface area contributed by atoms with Gasteiger partial charge in [-0.15, -0.1) is 10.2 Å². The lowest BCUT2D eigenvalue weighted by molar-refractivity contribution is 0.0952. The van der Waals surface area contributed by atoms with Gasteiger partial charge in [0.05, 0.1) is 6.61 Å². The minimum Gasteiger partial charge on any atom is -0.377 e. The largest absolute Gasteiger partial charge is 0.377 e. The second kappa shape index (κ2) is 11.2. The molecule has 8 nitrogen and oxygen atoms in total. The molecule has 2 amide bonds. The van der Waals surface area contributed by atoms with Crippen molar-refractivity contribution >= 4 is 34.5 Å². The van der Waals surface area contributed by atoms with E-state index >= 15 is 0 Å². The molecular formula is C22H25N5O3S. The van der Waals surface area contributed by atoms with Crippen molar-refractivity contribution in [3.8, 4) is 0 Å². The summed E-state index contributed by atoms with van der Waals surface area (Å²) < 4.78 is 4.98. The van der Waals surface area contributed by atoms with E-state index in [9.17, 15) is 9.59 Å². The molecule has 0 aliphatic heterocycles. The number of anilines is 2. The maximum absolute atomic E-state index is 12.3. The smallest absolute Gasteiger partial charge is 0.286 e. The minimum absolute atomic E-state index is 0.145. The first-order chi connectivity index (χ1) is 15.1. The molecule has 3 rings (SSSR count). The highest BCUT2D eigenvalue weighted by atomic mass is 32.1. The zero-order valence-corrected chi connectivity index (χ0v) is 18.3. The van der Waals surface area contributed by atoms with E-state index in [0.29, 0.717) is 29.4 Å². The third kappa shape index (κ3) is 6.59. The second-order valence-corrected chi connectivity index (χ2v) is 7.89. The number of nitrogens with zero attached hydrogens (tertiary/aromatic N) is 3. The van der Waals surface area contributed by atoms with Crippen LogP contribution in [0.5, 0.6) is 0 Å². The van der Waals surface area contributed by atoms with Gasteiger partial charge in [-0.3, -0.25) is 9.59 Å². The maximum Gasteiger partial charge on any atom is 0.286 e. The predicted octanol–water partition coefficient (Wildman–Crippen LogP) is 3.19. The summed E-state index contributed by atoms with van der Waals surface area (Å²) in [7, 11) is 3.59. The van der Waals surface area contributed by atoms with Crippen molar-refractivity contribution in [1.29, 1.82) is 0 Å².